The Kier molecular flexibility index (Phi) is 5.81. The molecule has 2 heterocycles. The van der Waals surface area contributed by atoms with E-state index in [1.54, 1.807) is 4.90 Å². The number of carbonyl (C=O) groups excluding carboxylic acids is 2. The van der Waals surface area contributed by atoms with Crippen LogP contribution in [0.2, 0.25) is 0 Å². The summed E-state index contributed by atoms with van der Waals surface area (Å²) in [6.07, 6.45) is 5.40. The van der Waals surface area contributed by atoms with Crippen molar-refractivity contribution in [3.63, 3.8) is 0 Å². The molecule has 0 spiro atoms. The van der Waals surface area contributed by atoms with Gasteiger partial charge in [0.1, 0.15) is 11.5 Å². The fraction of sp³-hybridized carbons (Fsp3) is 0.619. The average molecular weight is 390 g/mol. The zero-order valence-electron chi connectivity index (χ0n) is 16.5. The summed E-state index contributed by atoms with van der Waals surface area (Å²) in [5, 5.41) is 0. The fourth-order valence-corrected chi connectivity index (χ4v) is 4.61. The first kappa shape index (κ1) is 19.8. The van der Waals surface area contributed by atoms with E-state index >= 15 is 0 Å². The molecular weight excluding hydrogens is 362 g/mol. The van der Waals surface area contributed by atoms with E-state index in [2.05, 4.69) is 11.8 Å². The van der Waals surface area contributed by atoms with Gasteiger partial charge in [-0.15, -0.1) is 11.3 Å². The molecule has 1 saturated heterocycles. The number of anilines is 1. The van der Waals surface area contributed by atoms with Gasteiger partial charge in [0.2, 0.25) is 0 Å². The highest BCUT2D eigenvalue weighted by Gasteiger charge is 2.42. The number of methoxy groups -OCH3 is 1. The quantitative estimate of drug-likeness (QED) is 0.548. The van der Waals surface area contributed by atoms with Crippen molar-refractivity contribution in [2.75, 3.05) is 18.6 Å². The molecule has 1 saturated carbocycles. The minimum atomic E-state index is -0.444. The van der Waals surface area contributed by atoms with Gasteiger partial charge in [-0.1, -0.05) is 31.1 Å². The number of carbonyl (C=O) groups is 2. The number of nitrogens with zero attached hydrogens (tertiary/aromatic N) is 1. The lowest BCUT2D eigenvalue weighted by molar-refractivity contribution is 0.0607. The van der Waals surface area contributed by atoms with Gasteiger partial charge in [0.25, 0.3) is 0 Å². The van der Waals surface area contributed by atoms with Crippen LogP contribution in [0.25, 0.3) is 0 Å². The highest BCUT2D eigenvalue weighted by molar-refractivity contribution is 7.15. The first-order valence-electron chi connectivity index (χ1n) is 9.51. The molecule has 1 amide bonds. The van der Waals surface area contributed by atoms with E-state index in [0.717, 1.165) is 17.7 Å². The summed E-state index contributed by atoms with van der Waals surface area (Å²) in [6.45, 7) is 6.48. The summed E-state index contributed by atoms with van der Waals surface area (Å²) in [5.41, 5.74) is 0.426. The third-order valence-electron chi connectivity index (χ3n) is 5.00. The fourth-order valence-electron chi connectivity index (χ4n) is 3.69. The number of cyclic esters (lactones) is 1. The first-order valence-corrected chi connectivity index (χ1v) is 10.3. The maximum absolute atomic E-state index is 12.5. The number of hydrogen-bond donors (Lipinski definition) is 0. The van der Waals surface area contributed by atoms with E-state index in [1.165, 1.54) is 37.7 Å². The van der Waals surface area contributed by atoms with Crippen LogP contribution in [0, 0.1) is 23.2 Å². The number of esters is 1. The summed E-state index contributed by atoms with van der Waals surface area (Å²) >= 11 is 1.27. The molecule has 146 valence electrons. The molecule has 3 rings (SSSR count). The van der Waals surface area contributed by atoms with Crippen molar-refractivity contribution in [2.45, 2.75) is 58.9 Å². The molecule has 2 aliphatic rings. The van der Waals surface area contributed by atoms with E-state index in [-0.39, 0.29) is 17.6 Å². The van der Waals surface area contributed by atoms with Crippen molar-refractivity contribution in [3.8, 4) is 11.8 Å². The Balaban J connectivity index is 1.98. The van der Waals surface area contributed by atoms with Crippen molar-refractivity contribution in [3.05, 3.63) is 15.8 Å². The molecule has 2 fully saturated rings. The summed E-state index contributed by atoms with van der Waals surface area (Å²) in [6, 6.07) is 1.80. The Morgan fingerprint density at radius 2 is 2.00 bits per heavy atom. The molecule has 0 aromatic carbocycles. The van der Waals surface area contributed by atoms with Crippen LogP contribution in [0.3, 0.4) is 0 Å². The summed E-state index contributed by atoms with van der Waals surface area (Å²) in [7, 11) is 1.35. The number of hydrogen-bond acceptors (Lipinski definition) is 5. The molecule has 1 aliphatic heterocycles. The molecular formula is C21H27NO4S. The monoisotopic (exact) mass is 389 g/mol. The minimum Gasteiger partial charge on any atom is -0.465 e. The first-order chi connectivity index (χ1) is 12.8. The van der Waals surface area contributed by atoms with Crippen LogP contribution in [0.5, 0.6) is 0 Å². The molecule has 1 aromatic heterocycles. The Bertz CT molecular complexity index is 774. The Morgan fingerprint density at radius 3 is 2.63 bits per heavy atom. The molecule has 5 nitrogen and oxygen atoms in total. The maximum atomic E-state index is 12.5. The molecule has 27 heavy (non-hydrogen) atoms. The van der Waals surface area contributed by atoms with E-state index < -0.39 is 5.97 Å². The van der Waals surface area contributed by atoms with Crippen molar-refractivity contribution in [2.24, 2.45) is 11.3 Å². The van der Waals surface area contributed by atoms with Crippen LogP contribution >= 0.6 is 11.3 Å². The predicted octanol–water partition coefficient (Wildman–Crippen LogP) is 4.84. The number of thiophene rings is 1. The number of amides is 1. The second kappa shape index (κ2) is 7.93. The van der Waals surface area contributed by atoms with Crippen molar-refractivity contribution >= 4 is 29.1 Å². The molecule has 0 bridgehead atoms. The molecule has 1 aliphatic carbocycles. The van der Waals surface area contributed by atoms with Gasteiger partial charge < -0.3 is 9.47 Å². The minimum absolute atomic E-state index is 0.0285. The summed E-state index contributed by atoms with van der Waals surface area (Å²) in [4.78, 5) is 27.7. The summed E-state index contributed by atoms with van der Waals surface area (Å²) in [5.74, 6) is 6.28. The maximum Gasteiger partial charge on any atom is 0.414 e. The molecule has 0 N–H and O–H groups in total. The van der Waals surface area contributed by atoms with Gasteiger partial charge in [0.15, 0.2) is 0 Å². The molecule has 0 unspecified atom stereocenters. The molecule has 0 radical (unpaired) electrons. The van der Waals surface area contributed by atoms with Crippen LogP contribution in [0.4, 0.5) is 10.5 Å². The average Bonchev–Trinajstić information content (AvgIpc) is 3.22. The van der Waals surface area contributed by atoms with Gasteiger partial charge in [-0.25, -0.2) is 9.59 Å². The lowest BCUT2D eigenvalue weighted by Gasteiger charge is -2.31. The van der Waals surface area contributed by atoms with E-state index in [1.807, 2.05) is 26.8 Å². The van der Waals surface area contributed by atoms with Gasteiger partial charge in [-0.2, -0.15) is 0 Å². The van der Waals surface area contributed by atoms with Gasteiger partial charge in [-0.3, -0.25) is 4.90 Å². The molecule has 6 heteroatoms. The Labute approximate surface area is 165 Å². The van der Waals surface area contributed by atoms with Crippen LogP contribution in [-0.4, -0.2) is 31.8 Å². The third kappa shape index (κ3) is 4.47. The smallest absolute Gasteiger partial charge is 0.414 e. The van der Waals surface area contributed by atoms with Gasteiger partial charge in [0.05, 0.1) is 23.7 Å². The van der Waals surface area contributed by atoms with E-state index in [4.69, 9.17) is 9.47 Å². The van der Waals surface area contributed by atoms with Crippen LogP contribution in [-0.2, 0) is 9.47 Å². The van der Waals surface area contributed by atoms with Crippen molar-refractivity contribution in [1.29, 1.82) is 0 Å². The zero-order chi connectivity index (χ0) is 19.6. The standard InChI is InChI=1S/C21H27NO4S/c1-21(2,3)11-10-15-12-16(18(27-15)19(23)25-4)22-17(13-26-20(22)24)14-8-6-5-7-9-14/h12,14,17H,5-9,13H2,1-4H3/t17-/m0/s1. The Hall–Kier alpha value is -2.00. The highest BCUT2D eigenvalue weighted by Crippen LogP contribution is 2.39. The van der Waals surface area contributed by atoms with Crippen LogP contribution in [0.1, 0.15) is 67.4 Å². The third-order valence-corrected chi connectivity index (χ3v) is 6.02. The number of rotatable bonds is 3. The van der Waals surface area contributed by atoms with E-state index in [9.17, 15) is 9.59 Å². The van der Waals surface area contributed by atoms with E-state index in [0.29, 0.717) is 23.1 Å². The summed E-state index contributed by atoms with van der Waals surface area (Å²) < 4.78 is 10.3. The number of ether oxygens (including phenoxy) is 2. The van der Waals surface area contributed by atoms with Gasteiger partial charge in [0, 0.05) is 5.41 Å². The highest BCUT2D eigenvalue weighted by atomic mass is 32.1. The second-order valence-corrected chi connectivity index (χ2v) is 9.28. The zero-order valence-corrected chi connectivity index (χ0v) is 17.3. The van der Waals surface area contributed by atoms with Gasteiger partial charge in [-0.05, 0) is 45.6 Å². The normalized spacial score (nSPS) is 20.8. The molecule has 1 atom stereocenters. The van der Waals surface area contributed by atoms with Crippen molar-refractivity contribution < 1.29 is 19.1 Å². The largest absolute Gasteiger partial charge is 0.465 e. The lowest BCUT2D eigenvalue weighted by atomic mass is 9.83. The molecule has 1 aromatic rings. The SMILES string of the molecule is COC(=O)c1sc(C#CC(C)(C)C)cc1N1C(=O)OC[C@H]1C1CCCCC1. The lowest BCUT2D eigenvalue weighted by Crippen LogP contribution is -2.40. The van der Waals surface area contributed by atoms with Crippen LogP contribution in [0.15, 0.2) is 6.07 Å². The van der Waals surface area contributed by atoms with Gasteiger partial charge >= 0.3 is 12.1 Å². The topological polar surface area (TPSA) is 55.8 Å². The second-order valence-electron chi connectivity index (χ2n) is 8.23. The van der Waals surface area contributed by atoms with Crippen LogP contribution < -0.4 is 4.90 Å². The predicted molar refractivity (Wildman–Crippen MR) is 106 cm³/mol. The van der Waals surface area contributed by atoms with Crippen molar-refractivity contribution in [1.82, 2.24) is 0 Å². The Morgan fingerprint density at radius 1 is 1.30 bits per heavy atom.